The number of hydrogen-bond donors (Lipinski definition) is 2. The highest BCUT2D eigenvalue weighted by molar-refractivity contribution is 6.40. The first-order valence-electron chi connectivity index (χ1n) is 8.47. The maximum Gasteiger partial charge on any atom is 0.214 e. The summed E-state index contributed by atoms with van der Waals surface area (Å²) in [5.41, 5.74) is 3.97. The molecule has 1 saturated heterocycles. The predicted octanol–water partition coefficient (Wildman–Crippen LogP) is 3.51. The van der Waals surface area contributed by atoms with Crippen molar-refractivity contribution in [2.24, 2.45) is 0 Å². The number of hydrogen-bond acceptors (Lipinski definition) is 5. The highest BCUT2D eigenvalue weighted by Crippen LogP contribution is 2.38. The number of fused-ring (bicyclic) bond motifs is 1. The SMILES string of the molecule is C=C1C(=O)C(=C2Cc3ccccc3N2)C(=N)N1c1cc(OC)cc(OC)c1. The maximum atomic E-state index is 12.9. The van der Waals surface area contributed by atoms with Crippen molar-refractivity contribution in [3.63, 3.8) is 0 Å². The normalized spacial score (nSPS) is 18.6. The Balaban J connectivity index is 1.77. The fourth-order valence-corrected chi connectivity index (χ4v) is 3.43. The van der Waals surface area contributed by atoms with E-state index in [9.17, 15) is 4.79 Å². The number of nitrogens with zero attached hydrogens (tertiary/aromatic N) is 1. The monoisotopic (exact) mass is 361 g/mol. The number of para-hydroxylation sites is 1. The quantitative estimate of drug-likeness (QED) is 0.819. The molecular weight excluding hydrogens is 342 g/mol. The van der Waals surface area contributed by atoms with Gasteiger partial charge in [-0.15, -0.1) is 0 Å². The third-order valence-corrected chi connectivity index (χ3v) is 4.79. The number of ketones is 1. The van der Waals surface area contributed by atoms with E-state index in [2.05, 4.69) is 11.9 Å². The number of rotatable bonds is 3. The number of anilines is 2. The van der Waals surface area contributed by atoms with Gasteiger partial charge in [0, 0.05) is 36.0 Å². The summed E-state index contributed by atoms with van der Waals surface area (Å²) in [5, 5.41) is 11.9. The number of Topliss-reactive ketones (excluding diaryl/α,β-unsaturated/α-hetero) is 1. The molecule has 0 bridgehead atoms. The largest absolute Gasteiger partial charge is 0.497 e. The van der Waals surface area contributed by atoms with Crippen molar-refractivity contribution in [3.05, 3.63) is 71.6 Å². The summed E-state index contributed by atoms with van der Waals surface area (Å²) < 4.78 is 10.6. The Hall–Kier alpha value is -3.54. The fourth-order valence-electron chi connectivity index (χ4n) is 3.43. The average Bonchev–Trinajstić information content (AvgIpc) is 3.19. The van der Waals surface area contributed by atoms with Crippen LogP contribution in [-0.2, 0) is 11.2 Å². The predicted molar refractivity (Wildman–Crippen MR) is 105 cm³/mol. The van der Waals surface area contributed by atoms with Gasteiger partial charge in [0.15, 0.2) is 0 Å². The van der Waals surface area contributed by atoms with Crippen LogP contribution < -0.4 is 19.7 Å². The van der Waals surface area contributed by atoms with Gasteiger partial charge in [-0.1, -0.05) is 24.8 Å². The first-order valence-corrected chi connectivity index (χ1v) is 8.47. The van der Waals surface area contributed by atoms with Crippen molar-refractivity contribution in [1.82, 2.24) is 0 Å². The maximum absolute atomic E-state index is 12.9. The lowest BCUT2D eigenvalue weighted by Gasteiger charge is -2.19. The van der Waals surface area contributed by atoms with Crippen molar-refractivity contribution in [3.8, 4) is 11.5 Å². The summed E-state index contributed by atoms with van der Waals surface area (Å²) in [4.78, 5) is 14.4. The molecule has 2 heterocycles. The number of ether oxygens (including phenoxy) is 2. The van der Waals surface area contributed by atoms with Crippen LogP contribution in [0.15, 0.2) is 66.0 Å². The lowest BCUT2D eigenvalue weighted by molar-refractivity contribution is -0.111. The highest BCUT2D eigenvalue weighted by Gasteiger charge is 2.39. The number of allylic oxidation sites excluding steroid dienone is 2. The van der Waals surface area contributed by atoms with Crippen molar-refractivity contribution in [1.29, 1.82) is 5.41 Å². The molecule has 0 saturated carbocycles. The lowest BCUT2D eigenvalue weighted by atomic mass is 10.1. The second kappa shape index (κ2) is 6.32. The Labute approximate surface area is 157 Å². The Morgan fingerprint density at radius 3 is 2.41 bits per heavy atom. The Kier molecular flexibility index (Phi) is 3.96. The molecule has 0 aliphatic carbocycles. The molecule has 0 amide bonds. The number of nitrogens with one attached hydrogen (secondary N) is 2. The Morgan fingerprint density at radius 2 is 1.78 bits per heavy atom. The zero-order chi connectivity index (χ0) is 19.1. The molecule has 2 aliphatic heterocycles. The van der Waals surface area contributed by atoms with Gasteiger partial charge in [0.1, 0.15) is 17.3 Å². The van der Waals surface area contributed by atoms with Crippen molar-refractivity contribution < 1.29 is 14.3 Å². The van der Waals surface area contributed by atoms with E-state index in [0.717, 1.165) is 16.9 Å². The van der Waals surface area contributed by atoms with Crippen molar-refractivity contribution in [2.45, 2.75) is 6.42 Å². The van der Waals surface area contributed by atoms with E-state index in [1.165, 1.54) is 4.90 Å². The Bertz CT molecular complexity index is 974. The molecule has 2 aromatic rings. The first-order chi connectivity index (χ1) is 13.0. The summed E-state index contributed by atoms with van der Waals surface area (Å²) >= 11 is 0. The second-order valence-electron chi connectivity index (χ2n) is 6.34. The van der Waals surface area contributed by atoms with Crippen LogP contribution in [0.1, 0.15) is 5.56 Å². The van der Waals surface area contributed by atoms with Gasteiger partial charge in [0.05, 0.1) is 31.2 Å². The molecule has 6 heteroatoms. The molecule has 0 atom stereocenters. The van der Waals surface area contributed by atoms with Gasteiger partial charge >= 0.3 is 0 Å². The summed E-state index contributed by atoms with van der Waals surface area (Å²) in [6, 6.07) is 13.1. The Morgan fingerprint density at radius 1 is 1.11 bits per heavy atom. The van der Waals surface area contributed by atoms with E-state index >= 15 is 0 Å². The number of amidine groups is 1. The van der Waals surface area contributed by atoms with E-state index in [-0.39, 0.29) is 17.3 Å². The summed E-state index contributed by atoms with van der Waals surface area (Å²) in [6.07, 6.45) is 0.585. The van der Waals surface area contributed by atoms with Gasteiger partial charge in [-0.3, -0.25) is 15.1 Å². The number of methoxy groups -OCH3 is 2. The van der Waals surface area contributed by atoms with Gasteiger partial charge in [-0.05, 0) is 11.6 Å². The molecule has 0 aromatic heterocycles. The molecule has 136 valence electrons. The molecule has 2 aliphatic rings. The van der Waals surface area contributed by atoms with Crippen LogP contribution in [0.25, 0.3) is 0 Å². The molecule has 0 unspecified atom stereocenters. The molecule has 27 heavy (non-hydrogen) atoms. The van der Waals surface area contributed by atoms with Crippen LogP contribution in [0.2, 0.25) is 0 Å². The molecule has 4 rings (SSSR count). The third-order valence-electron chi connectivity index (χ3n) is 4.79. The van der Waals surface area contributed by atoms with Gasteiger partial charge < -0.3 is 14.8 Å². The van der Waals surface area contributed by atoms with Gasteiger partial charge in [-0.25, -0.2) is 0 Å². The van der Waals surface area contributed by atoms with Crippen LogP contribution in [0.5, 0.6) is 11.5 Å². The third kappa shape index (κ3) is 2.66. The molecule has 2 aromatic carbocycles. The molecule has 2 N–H and O–H groups in total. The van der Waals surface area contributed by atoms with Crippen LogP contribution in [0, 0.1) is 5.41 Å². The second-order valence-corrected chi connectivity index (χ2v) is 6.34. The fraction of sp³-hybridized carbons (Fsp3) is 0.143. The van der Waals surface area contributed by atoms with Crippen LogP contribution in [-0.4, -0.2) is 25.8 Å². The molecule has 0 spiro atoms. The molecule has 0 radical (unpaired) electrons. The lowest BCUT2D eigenvalue weighted by Crippen LogP contribution is -2.23. The zero-order valence-electron chi connectivity index (χ0n) is 15.1. The summed E-state index contributed by atoms with van der Waals surface area (Å²) in [6.45, 7) is 3.92. The number of benzene rings is 2. The van der Waals surface area contributed by atoms with Crippen molar-refractivity contribution in [2.75, 3.05) is 24.4 Å². The average molecular weight is 361 g/mol. The van der Waals surface area contributed by atoms with Crippen LogP contribution >= 0.6 is 0 Å². The van der Waals surface area contributed by atoms with Crippen LogP contribution in [0.3, 0.4) is 0 Å². The minimum absolute atomic E-state index is 0.0932. The van der Waals surface area contributed by atoms with E-state index in [1.54, 1.807) is 32.4 Å². The number of carbonyl (C=O) groups excluding carboxylic acids is 1. The standard InChI is InChI=1S/C21H19N3O3/c1-12-20(25)19(18-8-13-6-4-5-7-17(13)23-18)21(22)24(12)14-9-15(26-2)11-16(10-14)27-3/h4-7,9-11,22-23H,1,8H2,2-3H3. The molecule has 1 fully saturated rings. The highest BCUT2D eigenvalue weighted by atomic mass is 16.5. The number of carbonyl (C=O) groups is 1. The molecule has 6 nitrogen and oxygen atoms in total. The smallest absolute Gasteiger partial charge is 0.214 e. The van der Waals surface area contributed by atoms with E-state index < -0.39 is 0 Å². The molecular formula is C21H19N3O3. The summed E-state index contributed by atoms with van der Waals surface area (Å²) in [7, 11) is 3.11. The van der Waals surface area contributed by atoms with Gasteiger partial charge in [-0.2, -0.15) is 0 Å². The summed E-state index contributed by atoms with van der Waals surface area (Å²) in [5.74, 6) is 0.988. The first kappa shape index (κ1) is 16.9. The van der Waals surface area contributed by atoms with E-state index in [0.29, 0.717) is 29.2 Å². The zero-order valence-corrected chi connectivity index (χ0v) is 15.1. The van der Waals surface area contributed by atoms with Crippen molar-refractivity contribution >= 4 is 23.0 Å². The van der Waals surface area contributed by atoms with Gasteiger partial charge in [0.25, 0.3) is 0 Å². The minimum Gasteiger partial charge on any atom is -0.497 e. The topological polar surface area (TPSA) is 74.7 Å². The van der Waals surface area contributed by atoms with E-state index in [1.807, 2.05) is 24.3 Å². The van der Waals surface area contributed by atoms with E-state index in [4.69, 9.17) is 14.9 Å². The minimum atomic E-state index is -0.253. The van der Waals surface area contributed by atoms with Gasteiger partial charge in [0.2, 0.25) is 5.78 Å². The van der Waals surface area contributed by atoms with Crippen LogP contribution in [0.4, 0.5) is 11.4 Å².